The third kappa shape index (κ3) is 3.93. The number of aromatic nitrogens is 2. The molecule has 28 heavy (non-hydrogen) atoms. The summed E-state index contributed by atoms with van der Waals surface area (Å²) in [5, 5.41) is 1.66. The van der Waals surface area contributed by atoms with Gasteiger partial charge < -0.3 is 5.32 Å². The molecule has 0 atom stereocenters. The van der Waals surface area contributed by atoms with Gasteiger partial charge in [-0.15, -0.1) is 0 Å². The molecule has 0 fully saturated rings. The van der Waals surface area contributed by atoms with Gasteiger partial charge in [-0.1, -0.05) is 28.1 Å². The van der Waals surface area contributed by atoms with Gasteiger partial charge in [-0.05, 0) is 24.3 Å². The highest BCUT2D eigenvalue weighted by Crippen LogP contribution is 2.25. The summed E-state index contributed by atoms with van der Waals surface area (Å²) in [5.41, 5.74) is -1.39. The Morgan fingerprint density at radius 1 is 1.07 bits per heavy atom. The third-order valence-electron chi connectivity index (χ3n) is 3.83. The van der Waals surface area contributed by atoms with Crippen molar-refractivity contribution in [3.8, 4) is 5.69 Å². The summed E-state index contributed by atoms with van der Waals surface area (Å²) in [6.45, 7) is -2.31. The van der Waals surface area contributed by atoms with Crippen molar-refractivity contribution in [2.75, 3.05) is 6.54 Å². The molecular formula is C17H11BrF5N3O2. The van der Waals surface area contributed by atoms with Crippen LogP contribution in [-0.4, -0.2) is 27.8 Å². The molecule has 11 heteroatoms. The van der Waals surface area contributed by atoms with Crippen molar-refractivity contribution < 1.29 is 26.7 Å². The molecule has 0 saturated heterocycles. The summed E-state index contributed by atoms with van der Waals surface area (Å²) in [7, 11) is 0. The van der Waals surface area contributed by atoms with Gasteiger partial charge in [-0.2, -0.15) is 13.2 Å². The van der Waals surface area contributed by atoms with E-state index in [1.54, 1.807) is 5.32 Å². The van der Waals surface area contributed by atoms with Gasteiger partial charge >= 0.3 is 11.9 Å². The standard InChI is InChI=1S/C17H11BrF5N3O2/c18-9-5-10(19)15(11(20)6-9)26-13-4-2-1-3-12(13)25(16(26)28)7-14(27)24-8-17(21,22)23/h1-6H,7-8H2,(H,24,27). The molecule has 0 spiro atoms. The van der Waals surface area contributed by atoms with Gasteiger partial charge in [0.15, 0.2) is 11.6 Å². The molecule has 148 valence electrons. The van der Waals surface area contributed by atoms with Crippen LogP contribution in [0.5, 0.6) is 0 Å². The molecule has 0 saturated carbocycles. The predicted molar refractivity (Wildman–Crippen MR) is 94.2 cm³/mol. The number of halogens is 6. The minimum atomic E-state index is -4.61. The Bertz CT molecular complexity index is 1100. The van der Waals surface area contributed by atoms with Crippen LogP contribution in [0, 0.1) is 11.6 Å². The maximum Gasteiger partial charge on any atom is 0.405 e. The fraction of sp³-hybridized carbons (Fsp3) is 0.176. The van der Waals surface area contributed by atoms with E-state index in [1.807, 2.05) is 0 Å². The number of nitrogens with zero attached hydrogens (tertiary/aromatic N) is 2. The van der Waals surface area contributed by atoms with Gasteiger partial charge in [0, 0.05) is 4.47 Å². The summed E-state index contributed by atoms with van der Waals surface area (Å²) >= 11 is 2.94. The van der Waals surface area contributed by atoms with E-state index >= 15 is 0 Å². The number of hydrogen-bond acceptors (Lipinski definition) is 2. The second-order valence-electron chi connectivity index (χ2n) is 5.80. The van der Waals surface area contributed by atoms with Gasteiger partial charge in [0.25, 0.3) is 0 Å². The number of benzene rings is 2. The molecule has 0 aliphatic heterocycles. The number of fused-ring (bicyclic) bond motifs is 1. The largest absolute Gasteiger partial charge is 0.405 e. The zero-order chi connectivity index (χ0) is 20.6. The minimum Gasteiger partial charge on any atom is -0.345 e. The first kappa shape index (κ1) is 20.1. The van der Waals surface area contributed by atoms with E-state index in [0.29, 0.717) is 0 Å². The summed E-state index contributed by atoms with van der Waals surface area (Å²) in [5.74, 6) is -3.13. The van der Waals surface area contributed by atoms with E-state index in [-0.39, 0.29) is 15.5 Å². The molecule has 0 unspecified atom stereocenters. The molecule has 0 bridgehead atoms. The van der Waals surface area contributed by atoms with E-state index in [2.05, 4.69) is 15.9 Å². The van der Waals surface area contributed by atoms with E-state index in [9.17, 15) is 31.5 Å². The van der Waals surface area contributed by atoms with Gasteiger partial charge in [0.2, 0.25) is 5.91 Å². The number of amides is 1. The van der Waals surface area contributed by atoms with Gasteiger partial charge in [-0.25, -0.2) is 13.6 Å². The van der Waals surface area contributed by atoms with Crippen LogP contribution in [0.4, 0.5) is 22.0 Å². The first-order valence-electron chi connectivity index (χ1n) is 7.77. The highest BCUT2D eigenvalue weighted by molar-refractivity contribution is 9.10. The molecule has 0 aliphatic rings. The molecule has 1 aromatic heterocycles. The van der Waals surface area contributed by atoms with Crippen molar-refractivity contribution >= 4 is 32.9 Å². The van der Waals surface area contributed by atoms with Crippen molar-refractivity contribution in [2.24, 2.45) is 0 Å². The fourth-order valence-corrected chi connectivity index (χ4v) is 3.13. The van der Waals surface area contributed by atoms with Crippen LogP contribution in [-0.2, 0) is 11.3 Å². The number of para-hydroxylation sites is 2. The maximum atomic E-state index is 14.4. The van der Waals surface area contributed by atoms with Crippen molar-refractivity contribution in [1.82, 2.24) is 14.5 Å². The number of carbonyl (C=O) groups is 1. The Hall–Kier alpha value is -2.69. The van der Waals surface area contributed by atoms with Crippen LogP contribution in [0.15, 0.2) is 45.7 Å². The molecule has 1 heterocycles. The normalized spacial score (nSPS) is 11.8. The second kappa shape index (κ2) is 7.38. The maximum absolute atomic E-state index is 14.4. The van der Waals surface area contributed by atoms with Crippen LogP contribution < -0.4 is 11.0 Å². The molecule has 1 N–H and O–H groups in total. The van der Waals surface area contributed by atoms with Gasteiger partial charge in [0.05, 0.1) is 11.0 Å². The highest BCUT2D eigenvalue weighted by Gasteiger charge is 2.28. The van der Waals surface area contributed by atoms with Crippen LogP contribution in [0.2, 0.25) is 0 Å². The summed E-state index contributed by atoms with van der Waals surface area (Å²) in [6, 6.07) is 7.78. The van der Waals surface area contributed by atoms with E-state index in [0.717, 1.165) is 21.3 Å². The van der Waals surface area contributed by atoms with Gasteiger partial charge in [0.1, 0.15) is 18.8 Å². The number of alkyl halides is 3. The molecule has 3 aromatic rings. The average Bonchev–Trinajstić information content (AvgIpc) is 2.85. The number of hydrogen-bond donors (Lipinski definition) is 1. The van der Waals surface area contributed by atoms with Crippen LogP contribution in [0.1, 0.15) is 0 Å². The van der Waals surface area contributed by atoms with Crippen molar-refractivity contribution in [3.05, 3.63) is 63.0 Å². The second-order valence-corrected chi connectivity index (χ2v) is 6.72. The molecule has 0 radical (unpaired) electrons. The summed E-state index contributed by atoms with van der Waals surface area (Å²) in [6.07, 6.45) is -4.61. The van der Waals surface area contributed by atoms with E-state index < -0.39 is 48.2 Å². The SMILES string of the molecule is O=C(Cn1c(=O)n(-c2c(F)cc(Br)cc2F)c2ccccc21)NCC(F)(F)F. The molecular weight excluding hydrogens is 453 g/mol. The lowest BCUT2D eigenvalue weighted by molar-refractivity contribution is -0.138. The van der Waals surface area contributed by atoms with Crippen molar-refractivity contribution in [3.63, 3.8) is 0 Å². The highest BCUT2D eigenvalue weighted by atomic mass is 79.9. The molecule has 1 amide bonds. The van der Waals surface area contributed by atoms with E-state index in [4.69, 9.17) is 0 Å². The van der Waals surface area contributed by atoms with Crippen LogP contribution in [0.25, 0.3) is 16.7 Å². The Kier molecular flexibility index (Phi) is 5.28. The van der Waals surface area contributed by atoms with E-state index in [1.165, 1.54) is 24.3 Å². The zero-order valence-electron chi connectivity index (χ0n) is 13.9. The predicted octanol–water partition coefficient (Wildman–Crippen LogP) is 3.51. The Morgan fingerprint density at radius 2 is 1.64 bits per heavy atom. The summed E-state index contributed by atoms with van der Waals surface area (Å²) < 4.78 is 67.3. The molecule has 0 aliphatic carbocycles. The third-order valence-corrected chi connectivity index (χ3v) is 4.29. The lowest BCUT2D eigenvalue weighted by atomic mass is 10.2. The quantitative estimate of drug-likeness (QED) is 0.602. The average molecular weight is 464 g/mol. The first-order valence-corrected chi connectivity index (χ1v) is 8.56. The Morgan fingerprint density at radius 3 is 2.21 bits per heavy atom. The number of carbonyl (C=O) groups excluding carboxylic acids is 1. The van der Waals surface area contributed by atoms with Crippen LogP contribution >= 0.6 is 15.9 Å². The number of nitrogens with one attached hydrogen (secondary N) is 1. The Balaban J connectivity index is 2.12. The van der Waals surface area contributed by atoms with Crippen LogP contribution in [0.3, 0.4) is 0 Å². The number of rotatable bonds is 4. The molecule has 5 nitrogen and oxygen atoms in total. The summed E-state index contributed by atoms with van der Waals surface area (Å²) in [4.78, 5) is 24.6. The number of imidazole rings is 1. The smallest absolute Gasteiger partial charge is 0.345 e. The Labute approximate surface area is 162 Å². The van der Waals surface area contributed by atoms with Gasteiger partial charge in [-0.3, -0.25) is 13.9 Å². The lowest BCUT2D eigenvalue weighted by Crippen LogP contribution is -2.38. The molecule has 2 aromatic carbocycles. The minimum absolute atomic E-state index is 0.0937. The topological polar surface area (TPSA) is 56.0 Å². The monoisotopic (exact) mass is 463 g/mol. The first-order chi connectivity index (χ1) is 13.1. The van der Waals surface area contributed by atoms with Crippen molar-refractivity contribution in [2.45, 2.75) is 12.7 Å². The van der Waals surface area contributed by atoms with Crippen molar-refractivity contribution in [1.29, 1.82) is 0 Å². The lowest BCUT2D eigenvalue weighted by Gasteiger charge is -2.09. The zero-order valence-corrected chi connectivity index (χ0v) is 15.4. The molecule has 3 rings (SSSR count). The fourth-order valence-electron chi connectivity index (χ4n) is 2.72.